The molecule has 1 aromatic rings. The van der Waals surface area contributed by atoms with Crippen molar-refractivity contribution in [3.8, 4) is 0 Å². The van der Waals surface area contributed by atoms with Crippen molar-refractivity contribution in [2.75, 3.05) is 0 Å². The number of amides is 1. The van der Waals surface area contributed by atoms with Crippen LogP contribution in [0.2, 0.25) is 0 Å². The van der Waals surface area contributed by atoms with Crippen LogP contribution < -0.4 is 0 Å². The van der Waals surface area contributed by atoms with Crippen molar-refractivity contribution in [1.82, 2.24) is 4.90 Å². The Morgan fingerprint density at radius 3 is 2.65 bits per heavy atom. The van der Waals surface area contributed by atoms with Gasteiger partial charge in [-0.25, -0.2) is 4.79 Å². The first kappa shape index (κ1) is 15.8. The van der Waals surface area contributed by atoms with E-state index in [9.17, 15) is 19.7 Å². The molecular formula is C15H16N2O5S. The lowest BCUT2D eigenvalue weighted by Gasteiger charge is -2.37. The monoisotopic (exact) mass is 336 g/mol. The molecule has 1 amide bonds. The molecule has 0 spiro atoms. The zero-order valence-corrected chi connectivity index (χ0v) is 13.5. The Balaban J connectivity index is 1.65. The molecule has 2 saturated heterocycles. The third-order valence-corrected chi connectivity index (χ3v) is 5.57. The minimum atomic E-state index is -0.586. The second kappa shape index (κ2) is 5.52. The van der Waals surface area contributed by atoms with E-state index in [1.807, 2.05) is 13.8 Å². The molecule has 3 rings (SSSR count). The number of thioether (sulfide) groups is 1. The van der Waals surface area contributed by atoms with Gasteiger partial charge in [0.15, 0.2) is 0 Å². The van der Waals surface area contributed by atoms with Gasteiger partial charge in [-0.1, -0.05) is 0 Å². The maximum absolute atomic E-state index is 12.4. The van der Waals surface area contributed by atoms with Gasteiger partial charge in [-0.15, -0.1) is 11.8 Å². The Bertz CT molecular complexity index is 673. The summed E-state index contributed by atoms with van der Waals surface area (Å²) >= 11 is 1.61. The average molecular weight is 336 g/mol. The van der Waals surface area contributed by atoms with Gasteiger partial charge in [-0.05, 0) is 31.5 Å². The number of esters is 1. The van der Waals surface area contributed by atoms with E-state index in [1.165, 1.54) is 12.1 Å². The largest absolute Gasteiger partial charge is 0.459 e. The molecule has 0 aromatic heterocycles. The lowest BCUT2D eigenvalue weighted by atomic mass is 9.98. The van der Waals surface area contributed by atoms with Crippen LogP contribution in [-0.2, 0) is 20.9 Å². The lowest BCUT2D eigenvalue weighted by molar-refractivity contribution is -0.384. The van der Waals surface area contributed by atoms with Crippen LogP contribution in [0.3, 0.4) is 0 Å². The van der Waals surface area contributed by atoms with Gasteiger partial charge in [0.05, 0.1) is 16.7 Å². The SMILES string of the molecule is CC1(C)SC2CC(=O)N2C1C(=O)OCc1ccc([N+](=O)[O-])cc1. The molecule has 23 heavy (non-hydrogen) atoms. The van der Waals surface area contributed by atoms with Crippen LogP contribution in [0.15, 0.2) is 24.3 Å². The van der Waals surface area contributed by atoms with E-state index in [0.29, 0.717) is 12.0 Å². The highest BCUT2D eigenvalue weighted by molar-refractivity contribution is 8.01. The number of nitro benzene ring substituents is 1. The molecule has 0 saturated carbocycles. The quantitative estimate of drug-likeness (QED) is 0.362. The highest BCUT2D eigenvalue weighted by atomic mass is 32.2. The van der Waals surface area contributed by atoms with Crippen LogP contribution in [0.4, 0.5) is 5.69 Å². The summed E-state index contributed by atoms with van der Waals surface area (Å²) in [5.41, 5.74) is 0.654. The van der Waals surface area contributed by atoms with Gasteiger partial charge in [0.25, 0.3) is 5.69 Å². The third-order valence-electron chi connectivity index (χ3n) is 4.08. The molecule has 0 bridgehead atoms. The van der Waals surface area contributed by atoms with Crippen molar-refractivity contribution < 1.29 is 19.2 Å². The number of carbonyl (C=O) groups is 2. The minimum absolute atomic E-state index is 0.0116. The molecule has 0 radical (unpaired) electrons. The number of nitrogens with zero attached hydrogens (tertiary/aromatic N) is 2. The minimum Gasteiger partial charge on any atom is -0.459 e. The first-order chi connectivity index (χ1) is 10.8. The van der Waals surface area contributed by atoms with Crippen molar-refractivity contribution in [3.05, 3.63) is 39.9 Å². The van der Waals surface area contributed by atoms with E-state index < -0.39 is 16.9 Å². The fourth-order valence-corrected chi connectivity index (χ4v) is 4.52. The molecule has 8 heteroatoms. The summed E-state index contributed by atoms with van der Waals surface area (Å²) in [6.07, 6.45) is 0.472. The van der Waals surface area contributed by atoms with Gasteiger partial charge in [0, 0.05) is 16.9 Å². The van der Waals surface area contributed by atoms with E-state index in [0.717, 1.165) is 0 Å². The number of carbonyl (C=O) groups excluding carboxylic acids is 2. The number of hydrogen-bond donors (Lipinski definition) is 0. The Morgan fingerprint density at radius 2 is 2.09 bits per heavy atom. The van der Waals surface area contributed by atoms with Gasteiger partial charge in [0.2, 0.25) is 5.91 Å². The maximum Gasteiger partial charge on any atom is 0.330 e. The smallest absolute Gasteiger partial charge is 0.330 e. The highest BCUT2D eigenvalue weighted by Crippen LogP contribution is 2.50. The number of fused-ring (bicyclic) bond motifs is 1. The van der Waals surface area contributed by atoms with Crippen molar-refractivity contribution in [2.24, 2.45) is 0 Å². The van der Waals surface area contributed by atoms with Gasteiger partial charge >= 0.3 is 5.97 Å². The molecule has 2 aliphatic heterocycles. The molecule has 0 N–H and O–H groups in total. The number of rotatable bonds is 4. The van der Waals surface area contributed by atoms with E-state index in [2.05, 4.69) is 0 Å². The van der Waals surface area contributed by atoms with Crippen LogP contribution in [-0.4, -0.2) is 37.9 Å². The molecule has 1 aromatic carbocycles. The van der Waals surface area contributed by atoms with Gasteiger partial charge in [0.1, 0.15) is 12.6 Å². The normalized spacial score (nSPS) is 24.8. The van der Waals surface area contributed by atoms with Crippen LogP contribution in [0.25, 0.3) is 0 Å². The lowest BCUT2D eigenvalue weighted by Crippen LogP contribution is -2.57. The second-order valence-corrected chi connectivity index (χ2v) is 7.95. The first-order valence-corrected chi connectivity index (χ1v) is 8.06. The zero-order chi connectivity index (χ0) is 16.8. The van der Waals surface area contributed by atoms with Crippen LogP contribution >= 0.6 is 11.8 Å². The van der Waals surface area contributed by atoms with Crippen molar-refractivity contribution in [3.63, 3.8) is 0 Å². The fraction of sp³-hybridized carbons (Fsp3) is 0.467. The number of nitro groups is 1. The molecule has 2 fully saturated rings. The highest BCUT2D eigenvalue weighted by Gasteiger charge is 2.59. The third kappa shape index (κ3) is 2.78. The van der Waals surface area contributed by atoms with Crippen LogP contribution in [0.5, 0.6) is 0 Å². The number of benzene rings is 1. The van der Waals surface area contributed by atoms with Gasteiger partial charge in [-0.3, -0.25) is 14.9 Å². The van der Waals surface area contributed by atoms with Crippen molar-refractivity contribution in [1.29, 1.82) is 0 Å². The first-order valence-electron chi connectivity index (χ1n) is 7.18. The van der Waals surface area contributed by atoms with Crippen LogP contribution in [0, 0.1) is 10.1 Å². The predicted octanol–water partition coefficient (Wildman–Crippen LogP) is 2.09. The molecule has 2 aliphatic rings. The molecule has 2 heterocycles. The van der Waals surface area contributed by atoms with E-state index in [-0.39, 0.29) is 28.3 Å². The Kier molecular flexibility index (Phi) is 3.79. The summed E-state index contributed by atoms with van der Waals surface area (Å²) in [5.74, 6) is -0.457. The Morgan fingerprint density at radius 1 is 1.43 bits per heavy atom. The number of ether oxygens (including phenoxy) is 1. The summed E-state index contributed by atoms with van der Waals surface area (Å²) in [4.78, 5) is 35.9. The number of hydrogen-bond acceptors (Lipinski definition) is 6. The van der Waals surface area contributed by atoms with Gasteiger partial charge in [-0.2, -0.15) is 0 Å². The number of non-ortho nitro benzene ring substituents is 1. The average Bonchev–Trinajstić information content (AvgIpc) is 2.71. The van der Waals surface area contributed by atoms with Crippen molar-refractivity contribution >= 4 is 29.3 Å². The van der Waals surface area contributed by atoms with E-state index in [4.69, 9.17) is 4.74 Å². The molecule has 2 atom stereocenters. The standard InChI is InChI=1S/C15H16N2O5S/c1-15(2)13(16-11(18)7-12(16)23-15)14(19)22-8-9-3-5-10(6-4-9)17(20)21/h3-6,12-13H,7-8H2,1-2H3. The number of β-lactam (4-membered cyclic amide) rings is 1. The van der Waals surface area contributed by atoms with Crippen molar-refractivity contribution in [2.45, 2.75) is 43.0 Å². The van der Waals surface area contributed by atoms with E-state index in [1.54, 1.807) is 28.8 Å². The summed E-state index contributed by atoms with van der Waals surface area (Å²) in [6, 6.07) is 5.26. The molecular weight excluding hydrogens is 320 g/mol. The topological polar surface area (TPSA) is 89.8 Å². The van der Waals surface area contributed by atoms with Gasteiger partial charge < -0.3 is 9.64 Å². The molecule has 122 valence electrons. The summed E-state index contributed by atoms with van der Waals surface area (Å²) in [5, 5.41) is 10.7. The Hall–Kier alpha value is -2.09. The molecule has 2 unspecified atom stereocenters. The summed E-state index contributed by atoms with van der Waals surface area (Å²) < 4.78 is 4.95. The molecule has 7 nitrogen and oxygen atoms in total. The second-order valence-electron chi connectivity index (χ2n) is 6.11. The summed E-state index contributed by atoms with van der Waals surface area (Å²) in [7, 11) is 0. The van der Waals surface area contributed by atoms with Crippen LogP contribution in [0.1, 0.15) is 25.8 Å². The predicted molar refractivity (Wildman–Crippen MR) is 83.6 cm³/mol. The zero-order valence-electron chi connectivity index (χ0n) is 12.7. The fourth-order valence-electron chi connectivity index (χ4n) is 2.90. The molecule has 0 aliphatic carbocycles. The van der Waals surface area contributed by atoms with E-state index >= 15 is 0 Å². The Labute approximate surface area is 137 Å². The summed E-state index contributed by atoms with van der Waals surface area (Å²) in [6.45, 7) is 3.89. The maximum atomic E-state index is 12.4.